The van der Waals surface area contributed by atoms with E-state index in [1.54, 1.807) is 39.8 Å². The molecule has 0 aliphatic rings. The zero-order valence-electron chi connectivity index (χ0n) is 14.2. The fourth-order valence-corrected chi connectivity index (χ4v) is 1.91. The van der Waals surface area contributed by atoms with E-state index in [1.165, 1.54) is 14.2 Å². The fraction of sp³-hybridized carbons (Fsp3) is 0.500. The summed E-state index contributed by atoms with van der Waals surface area (Å²) in [5.41, 5.74) is -0.161. The summed E-state index contributed by atoms with van der Waals surface area (Å²) in [6.07, 6.45) is 0. The summed E-state index contributed by atoms with van der Waals surface area (Å²) < 4.78 is 10.3. The van der Waals surface area contributed by atoms with Crippen LogP contribution in [0.15, 0.2) is 12.1 Å². The molecule has 1 atom stereocenters. The molecule has 0 fully saturated rings. The number of hydrogen-bond acceptors (Lipinski definition) is 4. The Morgan fingerprint density at radius 1 is 1.13 bits per heavy atom. The molecule has 1 aromatic carbocycles. The second-order valence-electron chi connectivity index (χ2n) is 6.12. The Bertz CT molecular complexity index is 596. The summed E-state index contributed by atoms with van der Waals surface area (Å²) in [6, 6.07) is 2.42. The largest absolute Gasteiger partial charge is 0.495 e. The van der Waals surface area contributed by atoms with E-state index in [9.17, 15) is 9.59 Å². The van der Waals surface area contributed by atoms with Crippen molar-refractivity contribution < 1.29 is 19.1 Å². The predicted octanol–water partition coefficient (Wildman–Crippen LogP) is 2.85. The Labute approximate surface area is 141 Å². The number of carbonyl (C=O) groups excluding carboxylic acids is 2. The van der Waals surface area contributed by atoms with Gasteiger partial charge in [-0.15, -0.1) is 0 Å². The van der Waals surface area contributed by atoms with Gasteiger partial charge in [0.05, 0.1) is 24.9 Å². The first-order chi connectivity index (χ1) is 10.6. The van der Waals surface area contributed by atoms with Crippen molar-refractivity contribution in [2.45, 2.75) is 33.7 Å². The lowest BCUT2D eigenvalue weighted by molar-refractivity contribution is -0.131. The number of nitrogens with one attached hydrogen (secondary N) is 2. The number of amides is 2. The smallest absolute Gasteiger partial charge is 0.246 e. The first-order valence-electron chi connectivity index (χ1n) is 7.13. The molecular formula is C16H23ClN2O4. The third-order valence-corrected chi connectivity index (χ3v) is 3.45. The number of rotatable bonds is 5. The van der Waals surface area contributed by atoms with Crippen LogP contribution in [0.4, 0.5) is 5.69 Å². The van der Waals surface area contributed by atoms with Crippen molar-refractivity contribution in [2.75, 3.05) is 19.5 Å². The van der Waals surface area contributed by atoms with E-state index < -0.39 is 11.5 Å². The molecule has 2 N–H and O–H groups in total. The molecular weight excluding hydrogens is 320 g/mol. The van der Waals surface area contributed by atoms with Crippen LogP contribution in [-0.4, -0.2) is 32.1 Å². The highest BCUT2D eigenvalue weighted by Crippen LogP contribution is 2.35. The van der Waals surface area contributed by atoms with Crippen LogP contribution < -0.4 is 20.1 Å². The van der Waals surface area contributed by atoms with Gasteiger partial charge in [-0.25, -0.2) is 0 Å². The van der Waals surface area contributed by atoms with Crippen LogP contribution in [0.3, 0.4) is 0 Å². The third-order valence-electron chi connectivity index (χ3n) is 3.15. The standard InChI is InChI=1S/C16H23ClN2O4/c1-9(18-15(21)16(2,3)4)14(20)19-11-8-12(22-5)10(17)7-13(11)23-6/h7-9H,1-6H3,(H,18,21)(H,19,20). The molecule has 1 unspecified atom stereocenters. The number of benzene rings is 1. The monoisotopic (exact) mass is 342 g/mol. The van der Waals surface area contributed by atoms with Crippen molar-refractivity contribution in [3.63, 3.8) is 0 Å². The third kappa shape index (κ3) is 5.03. The molecule has 1 aromatic rings. The highest BCUT2D eigenvalue weighted by molar-refractivity contribution is 6.32. The summed E-state index contributed by atoms with van der Waals surface area (Å²) in [5, 5.41) is 5.74. The van der Waals surface area contributed by atoms with Gasteiger partial charge in [0, 0.05) is 17.5 Å². The van der Waals surface area contributed by atoms with Gasteiger partial charge in [0.25, 0.3) is 0 Å². The van der Waals surface area contributed by atoms with Gasteiger partial charge in [-0.05, 0) is 6.92 Å². The summed E-state index contributed by atoms with van der Waals surface area (Å²) >= 11 is 6.02. The van der Waals surface area contributed by atoms with E-state index in [1.807, 2.05) is 0 Å². The predicted molar refractivity (Wildman–Crippen MR) is 90.2 cm³/mol. The Hall–Kier alpha value is -1.95. The Balaban J connectivity index is 2.90. The summed E-state index contributed by atoms with van der Waals surface area (Å²) in [5.74, 6) is 0.235. The minimum atomic E-state index is -0.701. The van der Waals surface area contributed by atoms with E-state index in [-0.39, 0.29) is 11.8 Å². The van der Waals surface area contributed by atoms with Gasteiger partial charge in [0.15, 0.2) is 0 Å². The average molecular weight is 343 g/mol. The first kappa shape index (κ1) is 19.1. The second kappa shape index (κ2) is 7.55. The number of methoxy groups -OCH3 is 2. The summed E-state index contributed by atoms with van der Waals surface area (Å²) in [4.78, 5) is 24.2. The number of anilines is 1. The molecule has 23 heavy (non-hydrogen) atoms. The molecule has 128 valence electrons. The number of ether oxygens (including phenoxy) is 2. The molecule has 0 spiro atoms. The van der Waals surface area contributed by atoms with Crippen LogP contribution in [0.2, 0.25) is 5.02 Å². The van der Waals surface area contributed by atoms with Crippen LogP contribution in [0.5, 0.6) is 11.5 Å². The van der Waals surface area contributed by atoms with Crippen molar-refractivity contribution in [2.24, 2.45) is 5.41 Å². The minimum absolute atomic E-state index is 0.208. The van der Waals surface area contributed by atoms with Gasteiger partial charge in [-0.2, -0.15) is 0 Å². The maximum atomic E-state index is 12.3. The fourth-order valence-electron chi connectivity index (χ4n) is 1.68. The molecule has 0 radical (unpaired) electrons. The normalized spacial score (nSPS) is 12.3. The Morgan fingerprint density at radius 2 is 1.70 bits per heavy atom. The number of carbonyl (C=O) groups is 2. The van der Waals surface area contributed by atoms with Gasteiger partial charge in [0.1, 0.15) is 17.5 Å². The van der Waals surface area contributed by atoms with Gasteiger partial charge in [-0.3, -0.25) is 9.59 Å². The van der Waals surface area contributed by atoms with Gasteiger partial charge in [-0.1, -0.05) is 32.4 Å². The van der Waals surface area contributed by atoms with Crippen molar-refractivity contribution in [3.05, 3.63) is 17.2 Å². The van der Waals surface area contributed by atoms with E-state index in [2.05, 4.69) is 10.6 Å². The minimum Gasteiger partial charge on any atom is -0.495 e. The number of halogens is 1. The summed E-state index contributed by atoms with van der Waals surface area (Å²) in [7, 11) is 2.95. The molecule has 1 rings (SSSR count). The van der Waals surface area contributed by atoms with Crippen molar-refractivity contribution >= 4 is 29.1 Å². The second-order valence-corrected chi connectivity index (χ2v) is 6.53. The molecule has 0 heterocycles. The van der Waals surface area contributed by atoms with E-state index in [0.717, 1.165) is 0 Å². The highest BCUT2D eigenvalue weighted by Gasteiger charge is 2.25. The molecule has 0 saturated carbocycles. The lowest BCUT2D eigenvalue weighted by atomic mass is 9.95. The van der Waals surface area contributed by atoms with Gasteiger partial charge in [0.2, 0.25) is 11.8 Å². The van der Waals surface area contributed by atoms with Crippen LogP contribution in [0.25, 0.3) is 0 Å². The van der Waals surface area contributed by atoms with Crippen molar-refractivity contribution in [1.29, 1.82) is 0 Å². The molecule has 6 nitrogen and oxygen atoms in total. The lowest BCUT2D eigenvalue weighted by Crippen LogP contribution is -2.46. The van der Waals surface area contributed by atoms with Crippen LogP contribution in [-0.2, 0) is 9.59 Å². The SMILES string of the molecule is COc1cc(NC(=O)C(C)NC(=O)C(C)(C)C)c(OC)cc1Cl. The zero-order valence-corrected chi connectivity index (χ0v) is 15.0. The molecule has 0 saturated heterocycles. The quantitative estimate of drug-likeness (QED) is 0.862. The molecule has 2 amide bonds. The van der Waals surface area contributed by atoms with E-state index in [4.69, 9.17) is 21.1 Å². The van der Waals surface area contributed by atoms with Gasteiger partial charge < -0.3 is 20.1 Å². The lowest BCUT2D eigenvalue weighted by Gasteiger charge is -2.22. The van der Waals surface area contributed by atoms with Crippen LogP contribution in [0, 0.1) is 5.41 Å². The average Bonchev–Trinajstić information content (AvgIpc) is 2.47. The Kier molecular flexibility index (Phi) is 6.27. The summed E-state index contributed by atoms with van der Waals surface area (Å²) in [6.45, 7) is 6.94. The zero-order chi connectivity index (χ0) is 17.8. The first-order valence-corrected chi connectivity index (χ1v) is 7.51. The molecule has 0 aliphatic heterocycles. The van der Waals surface area contributed by atoms with Crippen molar-refractivity contribution in [3.8, 4) is 11.5 Å². The maximum Gasteiger partial charge on any atom is 0.246 e. The van der Waals surface area contributed by atoms with Crippen molar-refractivity contribution in [1.82, 2.24) is 5.32 Å². The number of hydrogen-bond donors (Lipinski definition) is 2. The van der Waals surface area contributed by atoms with Crippen LogP contribution >= 0.6 is 11.6 Å². The van der Waals surface area contributed by atoms with E-state index >= 15 is 0 Å². The Morgan fingerprint density at radius 3 is 2.17 bits per heavy atom. The maximum absolute atomic E-state index is 12.3. The molecule has 7 heteroatoms. The molecule has 0 aliphatic carbocycles. The topological polar surface area (TPSA) is 76.7 Å². The molecule has 0 bridgehead atoms. The van der Waals surface area contributed by atoms with Crippen LogP contribution in [0.1, 0.15) is 27.7 Å². The molecule has 0 aromatic heterocycles. The van der Waals surface area contributed by atoms with E-state index in [0.29, 0.717) is 22.2 Å². The van der Waals surface area contributed by atoms with Gasteiger partial charge >= 0.3 is 0 Å². The highest BCUT2D eigenvalue weighted by atomic mass is 35.5.